The van der Waals surface area contributed by atoms with Crippen molar-refractivity contribution in [2.45, 2.75) is 20.8 Å². The van der Waals surface area contributed by atoms with E-state index in [1.807, 2.05) is 13.8 Å². The molecule has 0 spiro atoms. The van der Waals surface area contributed by atoms with E-state index in [1.54, 1.807) is 6.92 Å². The van der Waals surface area contributed by atoms with Crippen LogP contribution in [0.3, 0.4) is 0 Å². The van der Waals surface area contributed by atoms with Crippen LogP contribution >= 0.6 is 0 Å². The number of aromatic nitrogens is 5. The van der Waals surface area contributed by atoms with Gasteiger partial charge in [0.05, 0.1) is 7.11 Å². The first-order chi connectivity index (χ1) is 9.56. The molecular formula is C12H16N6O2. The monoisotopic (exact) mass is 276 g/mol. The molecule has 2 aromatic rings. The number of anilines is 1. The molecule has 2 heterocycles. The summed E-state index contributed by atoms with van der Waals surface area (Å²) in [6.07, 6.45) is 1.43. The van der Waals surface area contributed by atoms with Gasteiger partial charge in [-0.3, -0.25) is 0 Å². The van der Waals surface area contributed by atoms with Crippen molar-refractivity contribution < 1.29 is 9.53 Å². The second kappa shape index (κ2) is 5.64. The van der Waals surface area contributed by atoms with Gasteiger partial charge in [-0.05, 0) is 20.8 Å². The number of nitrogens with one attached hydrogen (secondary N) is 1. The van der Waals surface area contributed by atoms with Crippen molar-refractivity contribution in [2.24, 2.45) is 0 Å². The standard InChI is InChI=1S/C12H16N6O2/c1-5-13-9-7(2)11(16-8(3)15-9)18-6-14-10(17-18)12(19)20-4/h6H,5H2,1-4H3,(H,13,15,16). The minimum Gasteiger partial charge on any atom is -0.463 e. The lowest BCUT2D eigenvalue weighted by Gasteiger charge is -2.11. The molecule has 0 radical (unpaired) electrons. The number of hydrogen-bond acceptors (Lipinski definition) is 7. The first-order valence-electron chi connectivity index (χ1n) is 6.16. The topological polar surface area (TPSA) is 94.8 Å². The van der Waals surface area contributed by atoms with E-state index in [1.165, 1.54) is 18.1 Å². The Morgan fingerprint density at radius 3 is 2.80 bits per heavy atom. The Balaban J connectivity index is 2.46. The van der Waals surface area contributed by atoms with E-state index in [9.17, 15) is 4.79 Å². The molecule has 0 atom stereocenters. The molecule has 0 fully saturated rings. The molecule has 0 unspecified atom stereocenters. The van der Waals surface area contributed by atoms with Gasteiger partial charge >= 0.3 is 5.97 Å². The largest absolute Gasteiger partial charge is 0.463 e. The Morgan fingerprint density at radius 1 is 1.40 bits per heavy atom. The second-order valence-corrected chi connectivity index (χ2v) is 4.10. The zero-order chi connectivity index (χ0) is 14.7. The summed E-state index contributed by atoms with van der Waals surface area (Å²) in [5.74, 6) is 1.34. The van der Waals surface area contributed by atoms with Crippen molar-refractivity contribution >= 4 is 11.8 Å². The highest BCUT2D eigenvalue weighted by molar-refractivity contribution is 5.84. The summed E-state index contributed by atoms with van der Waals surface area (Å²) in [6.45, 7) is 6.41. The van der Waals surface area contributed by atoms with Crippen LogP contribution in [0, 0.1) is 13.8 Å². The third-order valence-electron chi connectivity index (χ3n) is 2.65. The number of ether oxygens (including phenoxy) is 1. The van der Waals surface area contributed by atoms with Crippen molar-refractivity contribution in [3.8, 4) is 5.82 Å². The molecule has 8 nitrogen and oxygen atoms in total. The highest BCUT2D eigenvalue weighted by Crippen LogP contribution is 2.18. The van der Waals surface area contributed by atoms with Crippen molar-refractivity contribution in [2.75, 3.05) is 19.0 Å². The van der Waals surface area contributed by atoms with Gasteiger partial charge in [0.2, 0.25) is 0 Å². The summed E-state index contributed by atoms with van der Waals surface area (Å²) in [6, 6.07) is 0. The number of carbonyl (C=O) groups excluding carboxylic acids is 1. The Kier molecular flexibility index (Phi) is 3.92. The predicted octanol–water partition coefficient (Wildman–Crippen LogP) is 0.893. The summed E-state index contributed by atoms with van der Waals surface area (Å²) < 4.78 is 6.02. The van der Waals surface area contributed by atoms with Gasteiger partial charge in [-0.1, -0.05) is 0 Å². The molecule has 0 saturated carbocycles. The van der Waals surface area contributed by atoms with Crippen LogP contribution in [0.4, 0.5) is 5.82 Å². The van der Waals surface area contributed by atoms with Gasteiger partial charge in [0.25, 0.3) is 5.82 Å². The van der Waals surface area contributed by atoms with Crippen LogP contribution in [0.25, 0.3) is 5.82 Å². The molecule has 1 N–H and O–H groups in total. The van der Waals surface area contributed by atoms with E-state index in [-0.39, 0.29) is 5.82 Å². The minimum atomic E-state index is -0.584. The second-order valence-electron chi connectivity index (χ2n) is 4.10. The summed E-state index contributed by atoms with van der Waals surface area (Å²) in [5.41, 5.74) is 0.832. The van der Waals surface area contributed by atoms with E-state index >= 15 is 0 Å². The summed E-state index contributed by atoms with van der Waals surface area (Å²) >= 11 is 0. The lowest BCUT2D eigenvalue weighted by atomic mass is 10.3. The van der Waals surface area contributed by atoms with Crippen LogP contribution in [0.5, 0.6) is 0 Å². The van der Waals surface area contributed by atoms with E-state index in [4.69, 9.17) is 0 Å². The van der Waals surface area contributed by atoms with Gasteiger partial charge in [-0.2, -0.15) is 0 Å². The van der Waals surface area contributed by atoms with Gasteiger partial charge in [0, 0.05) is 12.1 Å². The van der Waals surface area contributed by atoms with Crippen LogP contribution in [-0.2, 0) is 4.74 Å². The molecule has 0 aromatic carbocycles. The predicted molar refractivity (Wildman–Crippen MR) is 71.9 cm³/mol. The third-order valence-corrected chi connectivity index (χ3v) is 2.65. The van der Waals surface area contributed by atoms with Gasteiger partial charge in [0.1, 0.15) is 18.0 Å². The molecular weight excluding hydrogens is 260 g/mol. The van der Waals surface area contributed by atoms with E-state index < -0.39 is 5.97 Å². The fraction of sp³-hybridized carbons (Fsp3) is 0.417. The minimum absolute atomic E-state index is 0.00633. The first kappa shape index (κ1) is 13.9. The maximum Gasteiger partial charge on any atom is 0.377 e. The fourth-order valence-electron chi connectivity index (χ4n) is 1.73. The maximum absolute atomic E-state index is 11.4. The summed E-state index contributed by atoms with van der Waals surface area (Å²) in [4.78, 5) is 24.0. The molecule has 8 heteroatoms. The van der Waals surface area contributed by atoms with Gasteiger partial charge in [-0.15, -0.1) is 5.10 Å². The lowest BCUT2D eigenvalue weighted by molar-refractivity contribution is 0.0587. The highest BCUT2D eigenvalue weighted by atomic mass is 16.5. The molecule has 20 heavy (non-hydrogen) atoms. The van der Waals surface area contributed by atoms with E-state index in [0.717, 1.165) is 17.9 Å². The molecule has 0 aliphatic rings. The van der Waals surface area contributed by atoms with Crippen LogP contribution in [0.2, 0.25) is 0 Å². The van der Waals surface area contributed by atoms with E-state index in [0.29, 0.717) is 11.6 Å². The molecule has 0 amide bonds. The molecule has 2 aromatic heterocycles. The zero-order valence-corrected chi connectivity index (χ0v) is 11.8. The van der Waals surface area contributed by atoms with Gasteiger partial charge in [-0.25, -0.2) is 24.4 Å². The van der Waals surface area contributed by atoms with Crippen molar-refractivity contribution in [3.05, 3.63) is 23.5 Å². The average molecular weight is 276 g/mol. The van der Waals surface area contributed by atoms with Crippen molar-refractivity contribution in [1.82, 2.24) is 24.7 Å². The smallest absolute Gasteiger partial charge is 0.377 e. The molecule has 0 aliphatic carbocycles. The van der Waals surface area contributed by atoms with Crippen molar-refractivity contribution in [1.29, 1.82) is 0 Å². The molecule has 2 rings (SSSR count). The number of esters is 1. The summed E-state index contributed by atoms with van der Waals surface area (Å²) in [5, 5.41) is 7.23. The Hall–Kier alpha value is -2.51. The molecule has 0 bridgehead atoms. The molecule has 106 valence electrons. The van der Waals surface area contributed by atoms with Gasteiger partial charge < -0.3 is 10.1 Å². The maximum atomic E-state index is 11.4. The Bertz CT molecular complexity index is 637. The number of methoxy groups -OCH3 is 1. The van der Waals surface area contributed by atoms with Crippen LogP contribution in [0.1, 0.15) is 28.9 Å². The number of carbonyl (C=O) groups is 1. The van der Waals surface area contributed by atoms with Crippen LogP contribution in [0.15, 0.2) is 6.33 Å². The zero-order valence-electron chi connectivity index (χ0n) is 11.8. The van der Waals surface area contributed by atoms with Crippen LogP contribution < -0.4 is 5.32 Å². The van der Waals surface area contributed by atoms with Gasteiger partial charge in [0.15, 0.2) is 5.82 Å². The van der Waals surface area contributed by atoms with Crippen LogP contribution in [-0.4, -0.2) is 44.4 Å². The quantitative estimate of drug-likeness (QED) is 0.828. The lowest BCUT2D eigenvalue weighted by Crippen LogP contribution is -2.11. The average Bonchev–Trinajstić information content (AvgIpc) is 2.91. The van der Waals surface area contributed by atoms with Crippen molar-refractivity contribution in [3.63, 3.8) is 0 Å². The molecule has 0 saturated heterocycles. The number of hydrogen-bond donors (Lipinski definition) is 1. The highest BCUT2D eigenvalue weighted by Gasteiger charge is 2.16. The normalized spacial score (nSPS) is 10.4. The number of aryl methyl sites for hydroxylation is 1. The first-order valence-corrected chi connectivity index (χ1v) is 6.16. The number of nitrogens with zero attached hydrogens (tertiary/aromatic N) is 5. The Morgan fingerprint density at radius 2 is 2.15 bits per heavy atom. The number of rotatable bonds is 4. The van der Waals surface area contributed by atoms with E-state index in [2.05, 4.69) is 30.1 Å². The SMILES string of the molecule is CCNc1nc(C)nc(-n2cnc(C(=O)OC)n2)c1C. The Labute approximate surface area is 116 Å². The fourth-order valence-corrected chi connectivity index (χ4v) is 1.73. The molecule has 0 aliphatic heterocycles. The third kappa shape index (κ3) is 2.58. The summed E-state index contributed by atoms with van der Waals surface area (Å²) in [7, 11) is 1.28.